The van der Waals surface area contributed by atoms with Gasteiger partial charge in [-0.25, -0.2) is 19.2 Å². The van der Waals surface area contributed by atoms with Crippen molar-refractivity contribution in [1.82, 2.24) is 83.4 Å². The summed E-state index contributed by atoms with van der Waals surface area (Å²) in [6, 6.07) is -7.71. The zero-order valence-corrected chi connectivity index (χ0v) is 75.5. The third-order valence-corrected chi connectivity index (χ3v) is 30.5. The molecule has 0 saturated carbocycles. The molecule has 9 aliphatic heterocycles. The van der Waals surface area contributed by atoms with Crippen LogP contribution in [-0.4, -0.2) is 329 Å². The predicted octanol–water partition coefficient (Wildman–Crippen LogP) is 2.62. The van der Waals surface area contributed by atoms with Crippen molar-refractivity contribution in [3.8, 4) is 0 Å². The Kier molecular flexibility index (Phi) is 41.9. The molecule has 41 heteroatoms. The largest absolute Gasteiger partial charge is 0.480 e. The van der Waals surface area contributed by atoms with Gasteiger partial charge in [-0.05, 0) is 89.9 Å². The number of unbranched alkanes of at least 4 members (excludes halogenated alkanes) is 4. The van der Waals surface area contributed by atoms with E-state index in [4.69, 9.17) is 0 Å². The topological polar surface area (TPSA) is 511 Å². The number of carbonyl (C=O) groups is 16. The number of carbonyl (C=O) groups excluding carboxylic acids is 12. The molecule has 9 aliphatic rings. The van der Waals surface area contributed by atoms with E-state index in [1.807, 2.05) is 0 Å². The second kappa shape index (κ2) is 50.4. The number of rotatable bonds is 52. The summed E-state index contributed by atoms with van der Waals surface area (Å²) >= 11 is 7.12. The van der Waals surface area contributed by atoms with Gasteiger partial charge in [-0.3, -0.25) is 77.1 Å². The van der Waals surface area contributed by atoms with E-state index in [1.165, 1.54) is 19.6 Å². The van der Waals surface area contributed by atoms with Gasteiger partial charge < -0.3 is 84.2 Å². The van der Waals surface area contributed by atoms with Gasteiger partial charge in [0.1, 0.15) is 47.3 Å². The number of ketones is 4. The molecule has 20 atom stereocenters. The molecule has 9 heterocycles. The molecule has 9 fully saturated rings. The van der Waals surface area contributed by atoms with Crippen LogP contribution in [0.4, 0.5) is 19.2 Å². The Balaban J connectivity index is 0.0000182. The second-order valence-corrected chi connectivity index (χ2v) is 39.3. The molecule has 0 aromatic heterocycles. The molecule has 12 amide bonds. The number of Topliss-reactive ketones (excluding diaryl/α,β-unsaturated/α-hetero) is 4. The van der Waals surface area contributed by atoms with Crippen LogP contribution in [0.2, 0.25) is 0 Å². The van der Waals surface area contributed by atoms with Crippen molar-refractivity contribution in [1.29, 1.82) is 0 Å². The van der Waals surface area contributed by atoms with E-state index < -0.39 is 85.0 Å². The molecule has 16 N–H and O–H groups in total. The van der Waals surface area contributed by atoms with Crippen LogP contribution in [-0.2, 0) is 57.5 Å². The number of fused-ring (bicyclic) bond motifs is 4. The number of nitrogens with zero attached hydrogens (tertiary/aromatic N) is 4. The first-order valence-corrected chi connectivity index (χ1v) is 47.3. The fourth-order valence-corrected chi connectivity index (χ4v) is 24.4. The van der Waals surface area contributed by atoms with Gasteiger partial charge in [0.25, 0.3) is 0 Å². The van der Waals surface area contributed by atoms with E-state index in [0.717, 1.165) is 74.4 Å². The first-order chi connectivity index (χ1) is 57.3. The molecule has 0 aliphatic carbocycles. The monoisotopic (exact) mass is 1920 g/mol. The van der Waals surface area contributed by atoms with Gasteiger partial charge in [0.2, 0.25) is 23.6 Å². The number of amides is 12. The molecule has 0 aromatic carbocycles. The van der Waals surface area contributed by atoms with Crippen LogP contribution in [0.5, 0.6) is 0 Å². The smallest absolute Gasteiger partial charge is 0.322 e. The van der Waals surface area contributed by atoms with Crippen LogP contribution in [0.15, 0.2) is 0 Å². The van der Waals surface area contributed by atoms with Gasteiger partial charge >= 0.3 is 48.0 Å². The van der Waals surface area contributed by atoms with E-state index in [9.17, 15) is 97.1 Å². The van der Waals surface area contributed by atoms with Crippen LogP contribution in [0.3, 0.4) is 0 Å². The fraction of sp³-hybridized carbons (Fsp3) is 0.800. The van der Waals surface area contributed by atoms with Crippen molar-refractivity contribution in [3.05, 3.63) is 0 Å². The third-order valence-electron chi connectivity index (χ3n) is 24.5. The fourth-order valence-electron chi connectivity index (χ4n) is 18.2. The molecule has 0 radical (unpaired) electrons. The number of hydrogen-bond donors (Lipinski definition) is 16. The first-order valence-electron chi connectivity index (χ1n) is 43.1. The number of nitrogens with one attached hydrogen (secondary N) is 12. The summed E-state index contributed by atoms with van der Waals surface area (Å²) in [6.07, 6.45) is 8.17. The molecule has 0 bridgehead atoms. The van der Waals surface area contributed by atoms with E-state index in [-0.39, 0.29) is 310 Å². The molecule has 36 nitrogen and oxygen atoms in total. The molecule has 680 valence electrons. The minimum absolute atomic E-state index is 0. The molecule has 121 heavy (non-hydrogen) atoms. The normalized spacial score (nSPS) is 26.7. The van der Waals surface area contributed by atoms with Crippen LogP contribution in [0, 0.1) is 51.8 Å². The van der Waals surface area contributed by atoms with E-state index in [2.05, 4.69) is 63.8 Å². The molecular formula is C80H128GdN16O20S4. The van der Waals surface area contributed by atoms with Gasteiger partial charge in [-0.15, -0.1) is 0 Å². The minimum atomic E-state index is -1.57. The average molecular weight is 1920 g/mol. The van der Waals surface area contributed by atoms with Crippen molar-refractivity contribution in [2.75, 3.05) is 88.5 Å². The summed E-state index contributed by atoms with van der Waals surface area (Å²) in [5.74, 6) is -5.63. The number of urea groups is 4. The van der Waals surface area contributed by atoms with Crippen molar-refractivity contribution in [3.63, 3.8) is 0 Å². The Hall–Kier alpha value is -5.92. The summed E-state index contributed by atoms with van der Waals surface area (Å²) in [4.78, 5) is 217. The standard InChI is InChI=1S/C80H128N16O20S4.Gd/c1-45(33-49(97)13-5-7-15-61-69-53(41-117-61)85-77(113)89-69)35-51(99)21-23-57(73(105)106)93-25-26-94(58(74(107)108)24-22-52(100)36-46(2)34-50(98)14-6-8-16-62-70-54(42-118-62)86-78(114)90-70)28-30-96(60(76(111)112)40-82-68(104)38-48(4)84-66(102)20-12-10-18-64-72-56(44-120-64)88-80(116)92-72)32-31-95(29-27-93)59(75(109)110)39-81-67(103)37-47(3)83-65(101)19-11-9-17-63-71-55(43-119-63)87-79(115)91-71;/h45-48,53-64,69-72H,5-44H2,1-4H3,(H,81,103)(H,82,104)(H,83,101)(H,84,102)(H,105,106)(H,107,108)(H,109,110)(H,111,112)(H2,85,89,113)(H2,86,90,114)(H2,87,91,115)(H2,88,92,116);. The zero-order chi connectivity index (χ0) is 86.7. The number of carboxylic acids is 4. The maximum absolute atomic E-state index is 13.9. The number of carboxylic acid groups (broad SMARTS) is 4. The third kappa shape index (κ3) is 32.5. The molecule has 0 aromatic rings. The maximum atomic E-state index is 13.9. The molecule has 9 rings (SSSR count). The summed E-state index contributed by atoms with van der Waals surface area (Å²) in [5.41, 5.74) is 0. The van der Waals surface area contributed by atoms with Crippen LogP contribution in [0.25, 0.3) is 0 Å². The number of hydrogen-bond acceptors (Lipinski definition) is 24. The van der Waals surface area contributed by atoms with Crippen LogP contribution >= 0.6 is 47.0 Å². The molecule has 0 spiro atoms. The second-order valence-electron chi connectivity index (χ2n) is 34.2. The van der Waals surface area contributed by atoms with Gasteiger partial charge in [0, 0.05) is 239 Å². The van der Waals surface area contributed by atoms with Crippen LogP contribution < -0.4 is 63.8 Å². The zero-order valence-electron chi connectivity index (χ0n) is 69.9. The predicted molar refractivity (Wildman–Crippen MR) is 454 cm³/mol. The average Bonchev–Trinajstić information content (AvgIpc) is 1.70. The quantitative estimate of drug-likeness (QED) is 0.0307. The number of aliphatic carboxylic acids is 4. The van der Waals surface area contributed by atoms with E-state index >= 15 is 0 Å². The van der Waals surface area contributed by atoms with E-state index in [1.54, 1.807) is 74.7 Å². The molecule has 20 unspecified atom stereocenters. The Morgan fingerprint density at radius 1 is 0.339 bits per heavy atom. The summed E-state index contributed by atoms with van der Waals surface area (Å²) < 4.78 is 0. The number of thioether (sulfide) groups is 4. The SMILES string of the molecule is CC(CC(=O)CCCCC1SCC2NC(=O)NC21)CC(=O)CCC(C(=O)O)N1CCN(C(CCC(=O)CC(C)CC(=O)CCCCC2SCC3NC(=O)NC32)C(=O)O)CCN(C(CNC(=O)CC(C)NC(=O)CCCCC2SCC3NC(=O)NC32)C(=O)O)CCN(C(CNC(=O)CC(C)NC(=O)CCCCC2SCC3NC(=O)NC32)C(=O)O)CC1.[Gd]. The maximum Gasteiger partial charge on any atom is 0.322 e. The van der Waals surface area contributed by atoms with Gasteiger partial charge in [-0.1, -0.05) is 39.5 Å². The molecule has 9 saturated heterocycles. The Bertz CT molecular complexity index is 3140. The summed E-state index contributed by atoms with van der Waals surface area (Å²) in [7, 11) is 0. The van der Waals surface area contributed by atoms with Crippen molar-refractivity contribution >= 4 is 142 Å². The Morgan fingerprint density at radius 3 is 0.851 bits per heavy atom. The molecular weight excluding hydrogens is 1790 g/mol. The van der Waals surface area contributed by atoms with Crippen molar-refractivity contribution in [2.45, 2.75) is 300 Å². The van der Waals surface area contributed by atoms with Gasteiger partial charge in [0.05, 0.1) is 48.3 Å². The van der Waals surface area contributed by atoms with Gasteiger partial charge in [0.15, 0.2) is 0 Å². The Labute approximate surface area is 757 Å². The van der Waals surface area contributed by atoms with Gasteiger partial charge in [-0.2, -0.15) is 47.0 Å². The van der Waals surface area contributed by atoms with Crippen molar-refractivity contribution in [2.24, 2.45) is 11.8 Å². The van der Waals surface area contributed by atoms with Crippen molar-refractivity contribution < 1.29 is 137 Å². The minimum Gasteiger partial charge on any atom is -0.480 e. The van der Waals surface area contributed by atoms with E-state index in [0.29, 0.717) is 38.5 Å². The first kappa shape index (κ1) is 100. The Morgan fingerprint density at radius 2 is 0.587 bits per heavy atom. The van der Waals surface area contributed by atoms with Crippen LogP contribution in [0.1, 0.15) is 195 Å². The summed E-state index contributed by atoms with van der Waals surface area (Å²) in [5, 5.41) is 80.2. The summed E-state index contributed by atoms with van der Waals surface area (Å²) in [6.45, 7) is 3.69.